The first kappa shape index (κ1) is 21.5. The summed E-state index contributed by atoms with van der Waals surface area (Å²) in [6.45, 7) is 4.07. The molecular formula is C23H33N3O3. The van der Waals surface area contributed by atoms with Crippen LogP contribution in [0.1, 0.15) is 68.6 Å². The monoisotopic (exact) mass is 399 g/mol. The number of Topliss-reactive ketones (excluding diaryl/α,β-unsaturated/α-hetero) is 1. The van der Waals surface area contributed by atoms with Crippen molar-refractivity contribution in [1.82, 2.24) is 10.2 Å². The number of anilines is 1. The van der Waals surface area contributed by atoms with E-state index in [0.717, 1.165) is 45.3 Å². The molecule has 0 radical (unpaired) electrons. The topological polar surface area (TPSA) is 78.5 Å². The first-order valence-electron chi connectivity index (χ1n) is 10.9. The van der Waals surface area contributed by atoms with Crippen molar-refractivity contribution in [2.45, 2.75) is 64.3 Å². The smallest absolute Gasteiger partial charge is 0.225 e. The fraction of sp³-hybridized carbons (Fsp3) is 0.609. The summed E-state index contributed by atoms with van der Waals surface area (Å²) in [5, 5.41) is 6.14. The van der Waals surface area contributed by atoms with Gasteiger partial charge in [0.25, 0.3) is 0 Å². The van der Waals surface area contributed by atoms with Crippen molar-refractivity contribution in [3.05, 3.63) is 29.8 Å². The van der Waals surface area contributed by atoms with Crippen LogP contribution < -0.4 is 10.6 Å². The zero-order valence-electron chi connectivity index (χ0n) is 17.4. The number of ketones is 1. The summed E-state index contributed by atoms with van der Waals surface area (Å²) in [6.07, 6.45) is 8.04. The molecule has 6 heteroatoms. The molecule has 2 fully saturated rings. The zero-order valence-corrected chi connectivity index (χ0v) is 17.4. The van der Waals surface area contributed by atoms with E-state index in [4.69, 9.17) is 0 Å². The lowest BCUT2D eigenvalue weighted by Gasteiger charge is -2.33. The molecule has 6 nitrogen and oxygen atoms in total. The second-order valence-corrected chi connectivity index (χ2v) is 8.39. The Hall–Kier alpha value is -2.21. The first-order valence-corrected chi connectivity index (χ1v) is 10.9. The van der Waals surface area contributed by atoms with Crippen molar-refractivity contribution in [2.24, 2.45) is 5.92 Å². The quantitative estimate of drug-likeness (QED) is 0.689. The molecular weight excluding hydrogens is 366 g/mol. The highest BCUT2D eigenvalue weighted by atomic mass is 16.2. The number of carbonyl (C=O) groups is 3. The third-order valence-corrected chi connectivity index (χ3v) is 6.14. The van der Waals surface area contributed by atoms with Crippen molar-refractivity contribution >= 4 is 23.3 Å². The van der Waals surface area contributed by atoms with Crippen LogP contribution in [-0.4, -0.2) is 48.2 Å². The third-order valence-electron chi connectivity index (χ3n) is 6.14. The summed E-state index contributed by atoms with van der Waals surface area (Å²) < 4.78 is 0. The van der Waals surface area contributed by atoms with Gasteiger partial charge in [-0.3, -0.25) is 14.4 Å². The molecule has 3 rings (SSSR count). The van der Waals surface area contributed by atoms with Gasteiger partial charge in [-0.25, -0.2) is 0 Å². The second-order valence-electron chi connectivity index (χ2n) is 8.39. The van der Waals surface area contributed by atoms with Crippen LogP contribution in [0, 0.1) is 5.92 Å². The van der Waals surface area contributed by atoms with E-state index in [1.54, 1.807) is 24.3 Å². The number of rotatable bonds is 7. The van der Waals surface area contributed by atoms with Gasteiger partial charge in [0.15, 0.2) is 5.78 Å². The maximum atomic E-state index is 12.4. The number of hydrogen-bond donors (Lipinski definition) is 2. The number of nitrogens with one attached hydrogen (secondary N) is 2. The first-order chi connectivity index (χ1) is 14.0. The van der Waals surface area contributed by atoms with Crippen LogP contribution in [-0.2, 0) is 9.59 Å². The van der Waals surface area contributed by atoms with E-state index in [-0.39, 0.29) is 29.6 Å². The number of hydrogen-bond acceptors (Lipinski definition) is 4. The third kappa shape index (κ3) is 6.67. The van der Waals surface area contributed by atoms with Gasteiger partial charge in [-0.1, -0.05) is 19.3 Å². The van der Waals surface area contributed by atoms with Crippen molar-refractivity contribution in [2.75, 3.05) is 25.0 Å². The van der Waals surface area contributed by atoms with Crippen LogP contribution in [0.15, 0.2) is 24.3 Å². The lowest BCUT2D eigenvalue weighted by atomic mass is 9.88. The summed E-state index contributed by atoms with van der Waals surface area (Å²) in [5.41, 5.74) is 1.35. The van der Waals surface area contributed by atoms with E-state index in [2.05, 4.69) is 15.5 Å². The van der Waals surface area contributed by atoms with Gasteiger partial charge in [0, 0.05) is 49.3 Å². The number of carbonyl (C=O) groups excluding carboxylic acids is 3. The lowest BCUT2D eigenvalue weighted by Crippen LogP contribution is -2.47. The normalized spacial score (nSPS) is 18.9. The van der Waals surface area contributed by atoms with Gasteiger partial charge in [0.2, 0.25) is 11.8 Å². The molecule has 0 atom stereocenters. The van der Waals surface area contributed by atoms with E-state index in [0.29, 0.717) is 17.7 Å². The Morgan fingerprint density at radius 3 is 2.24 bits per heavy atom. The summed E-state index contributed by atoms with van der Waals surface area (Å²) in [5.74, 6) is 0.461. The van der Waals surface area contributed by atoms with Crippen molar-refractivity contribution in [3.8, 4) is 0 Å². The highest BCUT2D eigenvalue weighted by molar-refractivity contribution is 5.95. The Morgan fingerprint density at radius 1 is 0.966 bits per heavy atom. The molecule has 0 aromatic heterocycles. The maximum Gasteiger partial charge on any atom is 0.225 e. The fourth-order valence-electron chi connectivity index (χ4n) is 4.26. The molecule has 2 aliphatic rings. The number of amides is 2. The van der Waals surface area contributed by atoms with Crippen molar-refractivity contribution < 1.29 is 14.4 Å². The molecule has 1 aliphatic carbocycles. The Balaban J connectivity index is 1.33. The minimum absolute atomic E-state index is 0.0150. The predicted octanol–water partition coefficient (Wildman–Crippen LogP) is 3.38. The van der Waals surface area contributed by atoms with Gasteiger partial charge in [-0.05, 0) is 56.9 Å². The van der Waals surface area contributed by atoms with Crippen molar-refractivity contribution in [1.29, 1.82) is 0 Å². The second kappa shape index (κ2) is 10.5. The molecule has 1 aliphatic heterocycles. The average Bonchev–Trinajstić information content (AvgIpc) is 2.74. The number of likely N-dealkylation sites (tertiary alicyclic amines) is 1. The molecule has 1 heterocycles. The van der Waals surface area contributed by atoms with E-state index < -0.39 is 0 Å². The highest BCUT2D eigenvalue weighted by Crippen LogP contribution is 2.24. The summed E-state index contributed by atoms with van der Waals surface area (Å²) in [7, 11) is 0. The maximum absolute atomic E-state index is 12.4. The minimum atomic E-state index is -0.0201. The van der Waals surface area contributed by atoms with Gasteiger partial charge in [-0.2, -0.15) is 0 Å². The number of benzene rings is 1. The molecule has 1 aromatic rings. The molecule has 0 spiro atoms. The summed E-state index contributed by atoms with van der Waals surface area (Å²) in [4.78, 5) is 38.2. The standard InChI is InChI=1S/C23H33N3O3/c1-17(27)18-7-9-20(10-8-18)24-22(28)13-16-26-14-11-21(12-15-26)25-23(29)19-5-3-2-4-6-19/h7-10,19,21H,2-6,11-16H2,1H3,(H,24,28)(H,25,29). The van der Waals surface area contributed by atoms with E-state index in [1.807, 2.05) is 0 Å². The van der Waals surface area contributed by atoms with Gasteiger partial charge in [-0.15, -0.1) is 0 Å². The molecule has 2 N–H and O–H groups in total. The Morgan fingerprint density at radius 2 is 1.62 bits per heavy atom. The Labute approximate surface area is 173 Å². The van der Waals surface area contributed by atoms with Gasteiger partial charge < -0.3 is 15.5 Å². The van der Waals surface area contributed by atoms with E-state index in [1.165, 1.54) is 26.2 Å². The molecule has 158 valence electrons. The number of piperidine rings is 1. The van der Waals surface area contributed by atoms with Crippen LogP contribution in [0.25, 0.3) is 0 Å². The minimum Gasteiger partial charge on any atom is -0.353 e. The lowest BCUT2D eigenvalue weighted by molar-refractivity contribution is -0.127. The molecule has 2 amide bonds. The predicted molar refractivity (Wildman–Crippen MR) is 114 cm³/mol. The van der Waals surface area contributed by atoms with Crippen molar-refractivity contribution in [3.63, 3.8) is 0 Å². The molecule has 1 saturated carbocycles. The van der Waals surface area contributed by atoms with Crippen LogP contribution in [0.2, 0.25) is 0 Å². The average molecular weight is 400 g/mol. The van der Waals surface area contributed by atoms with Crippen LogP contribution >= 0.6 is 0 Å². The van der Waals surface area contributed by atoms with E-state index >= 15 is 0 Å². The molecule has 1 saturated heterocycles. The largest absolute Gasteiger partial charge is 0.353 e. The Kier molecular flexibility index (Phi) is 7.81. The van der Waals surface area contributed by atoms with Gasteiger partial charge in [0.1, 0.15) is 0 Å². The molecule has 29 heavy (non-hydrogen) atoms. The van der Waals surface area contributed by atoms with Crippen LogP contribution in [0.4, 0.5) is 5.69 Å². The SMILES string of the molecule is CC(=O)c1ccc(NC(=O)CCN2CCC(NC(=O)C3CCCCC3)CC2)cc1. The van der Waals surface area contributed by atoms with Gasteiger partial charge in [0.05, 0.1) is 0 Å². The van der Waals surface area contributed by atoms with E-state index in [9.17, 15) is 14.4 Å². The zero-order chi connectivity index (χ0) is 20.6. The Bertz CT molecular complexity index is 703. The summed E-state index contributed by atoms with van der Waals surface area (Å²) >= 11 is 0. The molecule has 1 aromatic carbocycles. The number of nitrogens with zero attached hydrogens (tertiary/aromatic N) is 1. The highest BCUT2D eigenvalue weighted by Gasteiger charge is 2.25. The van der Waals surface area contributed by atoms with Crippen LogP contribution in [0.5, 0.6) is 0 Å². The summed E-state index contributed by atoms with van der Waals surface area (Å²) in [6, 6.07) is 7.24. The molecule has 0 bridgehead atoms. The molecule has 0 unspecified atom stereocenters. The van der Waals surface area contributed by atoms with Gasteiger partial charge >= 0.3 is 0 Å². The fourth-order valence-corrected chi connectivity index (χ4v) is 4.26. The van der Waals surface area contributed by atoms with Crippen LogP contribution in [0.3, 0.4) is 0 Å².